The second-order valence-corrected chi connectivity index (χ2v) is 7.70. The van der Waals surface area contributed by atoms with E-state index in [0.717, 1.165) is 23.6 Å². The lowest BCUT2D eigenvalue weighted by Crippen LogP contribution is -2.38. The average Bonchev–Trinajstić information content (AvgIpc) is 3.16. The lowest BCUT2D eigenvalue weighted by molar-refractivity contribution is -0.122. The molecule has 0 radical (unpaired) electrons. The number of nitrogens with one attached hydrogen (secondary N) is 1. The largest absolute Gasteiger partial charge is 0.354 e. The highest BCUT2D eigenvalue weighted by Gasteiger charge is 2.29. The van der Waals surface area contributed by atoms with Gasteiger partial charge in [0.25, 0.3) is 0 Å². The van der Waals surface area contributed by atoms with E-state index in [0.29, 0.717) is 12.2 Å². The first-order valence-electron chi connectivity index (χ1n) is 6.39. The van der Waals surface area contributed by atoms with E-state index in [2.05, 4.69) is 21.2 Å². The highest BCUT2D eigenvalue weighted by Crippen LogP contribution is 2.28. The maximum absolute atomic E-state index is 11.9. The number of rotatable bonds is 6. The summed E-state index contributed by atoms with van der Waals surface area (Å²) in [6, 6.07) is 7.08. The Morgan fingerprint density at radius 2 is 2.15 bits per heavy atom. The summed E-state index contributed by atoms with van der Waals surface area (Å²) < 4.78 is 25.8. The minimum Gasteiger partial charge on any atom is -0.354 e. The van der Waals surface area contributed by atoms with Gasteiger partial charge in [-0.2, -0.15) is 0 Å². The average molecular weight is 361 g/mol. The number of carbonyl (C=O) groups excluding carboxylic acids is 1. The zero-order valence-electron chi connectivity index (χ0n) is 11.2. The van der Waals surface area contributed by atoms with Crippen molar-refractivity contribution in [3.05, 3.63) is 28.7 Å². The van der Waals surface area contributed by atoms with Gasteiger partial charge in [-0.3, -0.25) is 9.10 Å². The molecule has 1 aliphatic rings. The lowest BCUT2D eigenvalue weighted by Gasteiger charge is -2.22. The number of benzene rings is 1. The molecule has 0 unspecified atom stereocenters. The third-order valence-electron chi connectivity index (χ3n) is 3.06. The van der Waals surface area contributed by atoms with Crippen LogP contribution < -0.4 is 9.62 Å². The van der Waals surface area contributed by atoms with Gasteiger partial charge >= 0.3 is 0 Å². The molecular formula is C13H17BrN2O3S. The summed E-state index contributed by atoms with van der Waals surface area (Å²) in [4.78, 5) is 11.5. The van der Waals surface area contributed by atoms with Crippen molar-refractivity contribution < 1.29 is 13.2 Å². The number of hydrogen-bond donors (Lipinski definition) is 1. The van der Waals surface area contributed by atoms with Gasteiger partial charge in [-0.05, 0) is 31.0 Å². The monoisotopic (exact) mass is 360 g/mol. The zero-order valence-corrected chi connectivity index (χ0v) is 13.6. The molecule has 0 atom stereocenters. The third kappa shape index (κ3) is 4.21. The topological polar surface area (TPSA) is 66.5 Å². The second kappa shape index (κ2) is 6.13. The van der Waals surface area contributed by atoms with Gasteiger partial charge in [0, 0.05) is 16.9 Å². The molecule has 1 aromatic rings. The van der Waals surface area contributed by atoms with Crippen molar-refractivity contribution in [3.8, 4) is 0 Å². The number of sulfonamides is 1. The van der Waals surface area contributed by atoms with Gasteiger partial charge in [-0.15, -0.1) is 0 Å². The van der Waals surface area contributed by atoms with Crippen LogP contribution in [-0.4, -0.2) is 33.7 Å². The van der Waals surface area contributed by atoms with Crippen molar-refractivity contribution >= 4 is 37.5 Å². The Balaban J connectivity index is 2.02. The van der Waals surface area contributed by atoms with Crippen LogP contribution in [0.5, 0.6) is 0 Å². The normalized spacial score (nSPS) is 14.9. The van der Waals surface area contributed by atoms with Gasteiger partial charge in [0.2, 0.25) is 15.9 Å². The number of halogens is 1. The van der Waals surface area contributed by atoms with Crippen LogP contribution in [-0.2, 0) is 14.8 Å². The van der Waals surface area contributed by atoms with Crippen molar-refractivity contribution in [2.75, 3.05) is 23.7 Å². The Morgan fingerprint density at radius 3 is 2.70 bits per heavy atom. The Hall–Kier alpha value is -1.08. The summed E-state index contributed by atoms with van der Waals surface area (Å²) >= 11 is 3.32. The highest BCUT2D eigenvalue weighted by atomic mass is 79.9. The van der Waals surface area contributed by atoms with E-state index in [9.17, 15) is 13.2 Å². The molecule has 2 rings (SSSR count). The molecule has 0 bridgehead atoms. The van der Waals surface area contributed by atoms with E-state index in [-0.39, 0.29) is 18.4 Å². The molecule has 1 aliphatic carbocycles. The molecule has 20 heavy (non-hydrogen) atoms. The maximum Gasteiger partial charge on any atom is 0.232 e. The lowest BCUT2D eigenvalue weighted by atomic mass is 10.3. The SMILES string of the molecule is CS(=O)(=O)N(CCNC(=O)C1CC1)c1cccc(Br)c1. The fourth-order valence-corrected chi connectivity index (χ4v) is 3.19. The molecule has 0 saturated heterocycles. The van der Waals surface area contributed by atoms with Gasteiger partial charge in [-0.25, -0.2) is 8.42 Å². The van der Waals surface area contributed by atoms with Crippen LogP contribution in [0.2, 0.25) is 0 Å². The summed E-state index contributed by atoms with van der Waals surface area (Å²) in [6.07, 6.45) is 3.04. The molecular weight excluding hydrogens is 344 g/mol. The highest BCUT2D eigenvalue weighted by molar-refractivity contribution is 9.10. The van der Waals surface area contributed by atoms with Crippen molar-refractivity contribution in [2.45, 2.75) is 12.8 Å². The fraction of sp³-hybridized carbons (Fsp3) is 0.462. The molecule has 1 aromatic carbocycles. The minimum absolute atomic E-state index is 0.0210. The number of hydrogen-bond acceptors (Lipinski definition) is 3. The zero-order chi connectivity index (χ0) is 14.8. The Kier molecular flexibility index (Phi) is 4.70. The summed E-state index contributed by atoms with van der Waals surface area (Å²) in [5.74, 6) is 0.153. The van der Waals surface area contributed by atoms with Gasteiger partial charge < -0.3 is 5.32 Å². The Labute approximate surface area is 127 Å². The summed E-state index contributed by atoms with van der Waals surface area (Å²) in [7, 11) is -3.38. The first kappa shape index (κ1) is 15.3. The van der Waals surface area contributed by atoms with Crippen LogP contribution in [0.25, 0.3) is 0 Å². The van der Waals surface area contributed by atoms with Crippen LogP contribution in [0.4, 0.5) is 5.69 Å². The van der Waals surface area contributed by atoms with Crippen LogP contribution in [0, 0.1) is 5.92 Å². The maximum atomic E-state index is 11.9. The predicted octanol–water partition coefficient (Wildman–Crippen LogP) is 1.74. The van der Waals surface area contributed by atoms with Crippen molar-refractivity contribution in [3.63, 3.8) is 0 Å². The van der Waals surface area contributed by atoms with Crippen molar-refractivity contribution in [1.29, 1.82) is 0 Å². The van der Waals surface area contributed by atoms with E-state index in [1.54, 1.807) is 18.2 Å². The molecule has 0 aromatic heterocycles. The van der Waals surface area contributed by atoms with Gasteiger partial charge in [0.05, 0.1) is 18.5 Å². The molecule has 110 valence electrons. The molecule has 5 nitrogen and oxygen atoms in total. The summed E-state index contributed by atoms with van der Waals surface area (Å²) in [5, 5.41) is 2.77. The molecule has 0 spiro atoms. The van der Waals surface area contributed by atoms with Crippen molar-refractivity contribution in [2.24, 2.45) is 5.92 Å². The summed E-state index contributed by atoms with van der Waals surface area (Å²) in [5.41, 5.74) is 0.586. The second-order valence-electron chi connectivity index (χ2n) is 4.88. The van der Waals surface area contributed by atoms with Gasteiger partial charge in [0.15, 0.2) is 0 Å². The van der Waals surface area contributed by atoms with E-state index in [1.165, 1.54) is 4.31 Å². The fourth-order valence-electron chi connectivity index (χ4n) is 1.89. The van der Waals surface area contributed by atoms with Crippen LogP contribution in [0.15, 0.2) is 28.7 Å². The van der Waals surface area contributed by atoms with E-state index in [1.807, 2.05) is 6.07 Å². The molecule has 1 N–H and O–H groups in total. The molecule has 7 heteroatoms. The Bertz CT molecular complexity index is 599. The molecule has 1 amide bonds. The predicted molar refractivity (Wildman–Crippen MR) is 82.1 cm³/mol. The van der Waals surface area contributed by atoms with E-state index >= 15 is 0 Å². The molecule has 1 saturated carbocycles. The van der Waals surface area contributed by atoms with Gasteiger partial charge in [0.1, 0.15) is 0 Å². The van der Waals surface area contributed by atoms with Crippen molar-refractivity contribution in [1.82, 2.24) is 5.32 Å². The van der Waals surface area contributed by atoms with Crippen LogP contribution in [0.1, 0.15) is 12.8 Å². The minimum atomic E-state index is -3.38. The van der Waals surface area contributed by atoms with Crippen LogP contribution >= 0.6 is 15.9 Å². The first-order chi connectivity index (χ1) is 9.38. The van der Waals surface area contributed by atoms with E-state index < -0.39 is 10.0 Å². The first-order valence-corrected chi connectivity index (χ1v) is 9.03. The number of carbonyl (C=O) groups is 1. The van der Waals surface area contributed by atoms with Gasteiger partial charge in [-0.1, -0.05) is 22.0 Å². The van der Waals surface area contributed by atoms with Crippen LogP contribution in [0.3, 0.4) is 0 Å². The third-order valence-corrected chi connectivity index (χ3v) is 4.75. The smallest absolute Gasteiger partial charge is 0.232 e. The molecule has 1 fully saturated rings. The standard InChI is InChI=1S/C13H17BrN2O3S/c1-20(18,19)16(12-4-2-3-11(14)9-12)8-7-15-13(17)10-5-6-10/h2-4,9-10H,5-8H2,1H3,(H,15,17). The van der Waals surface area contributed by atoms with E-state index in [4.69, 9.17) is 0 Å². The number of nitrogens with zero attached hydrogens (tertiary/aromatic N) is 1. The number of anilines is 1. The molecule has 0 aliphatic heterocycles. The summed E-state index contributed by atoms with van der Waals surface area (Å²) in [6.45, 7) is 0.544. The quantitative estimate of drug-likeness (QED) is 0.840. The number of amides is 1. The molecule has 0 heterocycles. The Morgan fingerprint density at radius 1 is 1.45 bits per heavy atom.